The smallest absolute Gasteiger partial charge is 0.323 e. The minimum Gasteiger partial charge on any atom is -0.468 e. The lowest BCUT2D eigenvalue weighted by Crippen LogP contribution is -2.42. The lowest BCUT2D eigenvalue weighted by molar-refractivity contribution is -0.144. The van der Waals surface area contributed by atoms with Crippen LogP contribution < -0.4 is 5.32 Å². The quantitative estimate of drug-likeness (QED) is 0.815. The molecule has 2 unspecified atom stereocenters. The van der Waals surface area contributed by atoms with Crippen LogP contribution in [0.4, 0.5) is 0 Å². The van der Waals surface area contributed by atoms with Crippen LogP contribution in [0.3, 0.4) is 0 Å². The van der Waals surface area contributed by atoms with E-state index in [0.29, 0.717) is 0 Å². The summed E-state index contributed by atoms with van der Waals surface area (Å²) < 4.78 is 4.83. The Balaban J connectivity index is 2.78. The number of hydrogen-bond acceptors (Lipinski definition) is 3. The van der Waals surface area contributed by atoms with Crippen LogP contribution >= 0.6 is 0 Å². The highest BCUT2D eigenvalue weighted by molar-refractivity contribution is 5.76. The summed E-state index contributed by atoms with van der Waals surface area (Å²) in [6.45, 7) is 8.15. The Hall–Kier alpha value is -1.35. The summed E-state index contributed by atoms with van der Waals surface area (Å²) in [5.41, 5.74) is 2.41. The average molecular weight is 249 g/mol. The fourth-order valence-corrected chi connectivity index (χ4v) is 1.96. The Morgan fingerprint density at radius 2 is 1.94 bits per heavy atom. The number of esters is 1. The van der Waals surface area contributed by atoms with Crippen LogP contribution in [0.5, 0.6) is 0 Å². The van der Waals surface area contributed by atoms with Crippen LogP contribution in [0.1, 0.15) is 37.9 Å². The highest BCUT2D eigenvalue weighted by Crippen LogP contribution is 2.16. The molecule has 1 aromatic rings. The summed E-state index contributed by atoms with van der Waals surface area (Å²) in [7, 11) is 1.43. The van der Waals surface area contributed by atoms with E-state index in [2.05, 4.69) is 37.4 Å². The molecule has 2 atom stereocenters. The SMILES string of the molecule is COC(=O)C(NC(C)c1cccc(C)c1)C(C)C. The lowest BCUT2D eigenvalue weighted by Gasteiger charge is -2.24. The topological polar surface area (TPSA) is 38.3 Å². The zero-order valence-electron chi connectivity index (χ0n) is 11.9. The number of ether oxygens (including phenoxy) is 1. The van der Waals surface area contributed by atoms with Gasteiger partial charge in [0.2, 0.25) is 0 Å². The van der Waals surface area contributed by atoms with Crippen LogP contribution in [-0.2, 0) is 9.53 Å². The van der Waals surface area contributed by atoms with E-state index in [1.54, 1.807) is 0 Å². The van der Waals surface area contributed by atoms with Gasteiger partial charge in [-0.05, 0) is 25.3 Å². The van der Waals surface area contributed by atoms with Gasteiger partial charge >= 0.3 is 5.97 Å². The van der Waals surface area contributed by atoms with Gasteiger partial charge in [0.05, 0.1) is 7.11 Å². The van der Waals surface area contributed by atoms with Crippen molar-refractivity contribution in [2.75, 3.05) is 7.11 Å². The largest absolute Gasteiger partial charge is 0.468 e. The molecule has 0 aliphatic heterocycles. The summed E-state index contributed by atoms with van der Waals surface area (Å²) in [6.07, 6.45) is 0. The molecule has 0 fully saturated rings. The molecule has 0 radical (unpaired) electrons. The zero-order chi connectivity index (χ0) is 13.7. The molecule has 100 valence electrons. The number of benzene rings is 1. The molecule has 0 heterocycles. The number of nitrogens with one attached hydrogen (secondary N) is 1. The van der Waals surface area contributed by atoms with E-state index in [0.717, 1.165) is 0 Å². The highest BCUT2D eigenvalue weighted by Gasteiger charge is 2.24. The third kappa shape index (κ3) is 3.84. The van der Waals surface area contributed by atoms with Crippen molar-refractivity contribution in [1.82, 2.24) is 5.32 Å². The Labute approximate surface area is 110 Å². The number of carbonyl (C=O) groups excluding carboxylic acids is 1. The fourth-order valence-electron chi connectivity index (χ4n) is 1.96. The third-order valence-electron chi connectivity index (χ3n) is 3.09. The van der Waals surface area contributed by atoms with Gasteiger partial charge in [-0.25, -0.2) is 0 Å². The zero-order valence-corrected chi connectivity index (χ0v) is 11.9. The highest BCUT2D eigenvalue weighted by atomic mass is 16.5. The molecule has 3 heteroatoms. The Morgan fingerprint density at radius 1 is 1.28 bits per heavy atom. The molecule has 0 aliphatic carbocycles. The average Bonchev–Trinajstić information content (AvgIpc) is 2.34. The normalized spacial score (nSPS) is 14.3. The first kappa shape index (κ1) is 14.7. The molecule has 1 rings (SSSR count). The van der Waals surface area contributed by atoms with E-state index in [9.17, 15) is 4.79 Å². The number of methoxy groups -OCH3 is 1. The van der Waals surface area contributed by atoms with Crippen LogP contribution in [0.25, 0.3) is 0 Å². The summed E-state index contributed by atoms with van der Waals surface area (Å²) >= 11 is 0. The molecule has 0 bridgehead atoms. The first-order valence-electron chi connectivity index (χ1n) is 6.36. The summed E-state index contributed by atoms with van der Waals surface area (Å²) in [5.74, 6) is -0.00536. The second-order valence-electron chi connectivity index (χ2n) is 5.05. The van der Waals surface area contributed by atoms with Crippen LogP contribution in [0.15, 0.2) is 24.3 Å². The van der Waals surface area contributed by atoms with Gasteiger partial charge in [0.15, 0.2) is 0 Å². The van der Waals surface area contributed by atoms with Gasteiger partial charge in [0, 0.05) is 6.04 Å². The minimum absolute atomic E-state index is 0.122. The molecule has 1 N–H and O–H groups in total. The van der Waals surface area contributed by atoms with Crippen LogP contribution in [0.2, 0.25) is 0 Å². The second kappa shape index (κ2) is 6.55. The Morgan fingerprint density at radius 3 is 2.44 bits per heavy atom. The van der Waals surface area contributed by atoms with Crippen molar-refractivity contribution in [1.29, 1.82) is 0 Å². The molecular weight excluding hydrogens is 226 g/mol. The molecular formula is C15H23NO2. The van der Waals surface area contributed by atoms with Gasteiger partial charge in [0.25, 0.3) is 0 Å². The van der Waals surface area contributed by atoms with Crippen LogP contribution in [-0.4, -0.2) is 19.1 Å². The maximum atomic E-state index is 11.7. The first-order chi connectivity index (χ1) is 8.45. The number of carbonyl (C=O) groups is 1. The molecule has 0 spiro atoms. The van der Waals surface area contributed by atoms with Crippen LogP contribution in [0, 0.1) is 12.8 Å². The van der Waals surface area contributed by atoms with Gasteiger partial charge in [-0.3, -0.25) is 10.1 Å². The maximum Gasteiger partial charge on any atom is 0.323 e. The molecule has 1 aromatic carbocycles. The monoisotopic (exact) mass is 249 g/mol. The van der Waals surface area contributed by atoms with E-state index in [1.165, 1.54) is 18.2 Å². The Kier molecular flexibility index (Phi) is 5.35. The van der Waals surface area contributed by atoms with Crippen molar-refractivity contribution in [3.05, 3.63) is 35.4 Å². The predicted octanol–water partition coefficient (Wildman–Crippen LogP) is 2.84. The summed E-state index contributed by atoms with van der Waals surface area (Å²) in [5, 5.41) is 3.34. The van der Waals surface area contributed by atoms with E-state index in [1.807, 2.05) is 19.9 Å². The maximum absolute atomic E-state index is 11.7. The molecule has 0 aliphatic rings. The van der Waals surface area contributed by atoms with Gasteiger partial charge in [0.1, 0.15) is 6.04 Å². The second-order valence-corrected chi connectivity index (χ2v) is 5.05. The fraction of sp³-hybridized carbons (Fsp3) is 0.533. The van der Waals surface area contributed by atoms with Gasteiger partial charge in [-0.15, -0.1) is 0 Å². The van der Waals surface area contributed by atoms with Crippen molar-refractivity contribution in [3.8, 4) is 0 Å². The molecule has 3 nitrogen and oxygen atoms in total. The van der Waals surface area contributed by atoms with Crippen molar-refractivity contribution < 1.29 is 9.53 Å². The van der Waals surface area contributed by atoms with Crippen molar-refractivity contribution in [2.24, 2.45) is 5.92 Å². The third-order valence-corrected chi connectivity index (χ3v) is 3.09. The number of aryl methyl sites for hydroxylation is 1. The predicted molar refractivity (Wildman–Crippen MR) is 73.4 cm³/mol. The molecule has 18 heavy (non-hydrogen) atoms. The van der Waals surface area contributed by atoms with Crippen molar-refractivity contribution in [3.63, 3.8) is 0 Å². The summed E-state index contributed by atoms with van der Waals surface area (Å²) in [6, 6.07) is 8.15. The van der Waals surface area contributed by atoms with Crippen molar-refractivity contribution >= 4 is 5.97 Å². The number of rotatable bonds is 5. The molecule has 0 saturated carbocycles. The van der Waals surface area contributed by atoms with Gasteiger partial charge < -0.3 is 4.74 Å². The first-order valence-corrected chi connectivity index (χ1v) is 6.36. The van der Waals surface area contributed by atoms with E-state index >= 15 is 0 Å². The van der Waals surface area contributed by atoms with E-state index in [-0.39, 0.29) is 24.0 Å². The molecule has 0 aromatic heterocycles. The lowest BCUT2D eigenvalue weighted by atomic mass is 10.0. The Bertz CT molecular complexity index is 401. The minimum atomic E-state index is -0.273. The van der Waals surface area contributed by atoms with E-state index in [4.69, 9.17) is 4.74 Å². The summed E-state index contributed by atoms with van der Waals surface area (Å²) in [4.78, 5) is 11.7. The number of hydrogen-bond donors (Lipinski definition) is 1. The van der Waals surface area contributed by atoms with Gasteiger partial charge in [-0.1, -0.05) is 43.7 Å². The van der Waals surface area contributed by atoms with Gasteiger partial charge in [-0.2, -0.15) is 0 Å². The molecule has 0 saturated heterocycles. The standard InChI is InChI=1S/C15H23NO2/c1-10(2)14(15(17)18-5)16-12(4)13-8-6-7-11(3)9-13/h6-10,12,14,16H,1-5H3. The molecule has 0 amide bonds. The van der Waals surface area contributed by atoms with Crippen molar-refractivity contribution in [2.45, 2.75) is 39.8 Å². The van der Waals surface area contributed by atoms with E-state index < -0.39 is 0 Å².